The molecule has 0 fully saturated rings. The van der Waals surface area contributed by atoms with E-state index in [1.54, 1.807) is 0 Å². The molecule has 19 heavy (non-hydrogen) atoms. The van der Waals surface area contributed by atoms with Crippen molar-refractivity contribution >= 4 is 11.6 Å². The lowest BCUT2D eigenvalue weighted by Crippen LogP contribution is -2.15. The fraction of sp³-hybridized carbons (Fsp3) is 0.562. The molecule has 1 unspecified atom stereocenters. The first-order valence-corrected chi connectivity index (χ1v) is 7.28. The Morgan fingerprint density at radius 2 is 2.11 bits per heavy atom. The van der Waals surface area contributed by atoms with E-state index in [1.807, 2.05) is 18.2 Å². The third-order valence-corrected chi connectivity index (χ3v) is 3.55. The first-order chi connectivity index (χ1) is 9.19. The number of aryl methyl sites for hydroxylation is 1. The van der Waals surface area contributed by atoms with Gasteiger partial charge in [-0.15, -0.1) is 0 Å². The van der Waals surface area contributed by atoms with Crippen molar-refractivity contribution in [2.45, 2.75) is 46.0 Å². The van der Waals surface area contributed by atoms with Crippen LogP contribution in [0.4, 0.5) is 5.69 Å². The predicted octanol–water partition coefficient (Wildman–Crippen LogP) is 3.34. The van der Waals surface area contributed by atoms with E-state index in [9.17, 15) is 4.79 Å². The lowest BCUT2D eigenvalue weighted by atomic mass is 9.96. The SMILES string of the molecule is CCc1cccc(NC(=O)CCC(CC)CCN)c1. The first kappa shape index (κ1) is 15.7. The summed E-state index contributed by atoms with van der Waals surface area (Å²) in [7, 11) is 0. The molecular formula is C16H26N2O. The highest BCUT2D eigenvalue weighted by Crippen LogP contribution is 2.16. The van der Waals surface area contributed by atoms with Crippen LogP contribution in [-0.4, -0.2) is 12.5 Å². The topological polar surface area (TPSA) is 55.1 Å². The van der Waals surface area contributed by atoms with Gasteiger partial charge in [0.05, 0.1) is 0 Å². The Hall–Kier alpha value is -1.35. The van der Waals surface area contributed by atoms with E-state index in [0.717, 1.165) is 31.4 Å². The molecule has 3 nitrogen and oxygen atoms in total. The zero-order chi connectivity index (χ0) is 14.1. The Bertz CT molecular complexity index is 390. The largest absolute Gasteiger partial charge is 0.330 e. The van der Waals surface area contributed by atoms with Crippen molar-refractivity contribution < 1.29 is 4.79 Å². The minimum atomic E-state index is 0.101. The van der Waals surface area contributed by atoms with Gasteiger partial charge in [-0.25, -0.2) is 0 Å². The van der Waals surface area contributed by atoms with Gasteiger partial charge in [0.15, 0.2) is 0 Å². The second kappa shape index (κ2) is 8.70. The molecule has 1 amide bonds. The number of amides is 1. The van der Waals surface area contributed by atoms with E-state index in [4.69, 9.17) is 5.73 Å². The number of carbonyl (C=O) groups excluding carboxylic acids is 1. The fourth-order valence-corrected chi connectivity index (χ4v) is 2.22. The number of rotatable bonds is 8. The Morgan fingerprint density at radius 3 is 2.74 bits per heavy atom. The molecule has 0 heterocycles. The molecular weight excluding hydrogens is 236 g/mol. The van der Waals surface area contributed by atoms with E-state index in [1.165, 1.54) is 5.56 Å². The number of hydrogen-bond donors (Lipinski definition) is 2. The third-order valence-electron chi connectivity index (χ3n) is 3.55. The Morgan fingerprint density at radius 1 is 1.32 bits per heavy atom. The standard InChI is InChI=1S/C16H26N2O/c1-3-13(10-11-17)8-9-16(19)18-15-7-5-6-14(4-2)12-15/h5-7,12-13H,3-4,8-11,17H2,1-2H3,(H,18,19). The van der Waals surface area contributed by atoms with Crippen molar-refractivity contribution in [1.29, 1.82) is 0 Å². The number of hydrogen-bond acceptors (Lipinski definition) is 2. The lowest BCUT2D eigenvalue weighted by Gasteiger charge is -2.13. The molecule has 3 heteroatoms. The molecule has 3 N–H and O–H groups in total. The number of benzene rings is 1. The highest BCUT2D eigenvalue weighted by atomic mass is 16.1. The van der Waals surface area contributed by atoms with Crippen LogP contribution in [0.15, 0.2) is 24.3 Å². The second-order valence-electron chi connectivity index (χ2n) is 4.99. The number of nitrogens with two attached hydrogens (primary N) is 1. The molecule has 0 spiro atoms. The van der Waals surface area contributed by atoms with Gasteiger partial charge >= 0.3 is 0 Å². The molecule has 0 saturated carbocycles. The van der Waals surface area contributed by atoms with E-state index >= 15 is 0 Å². The summed E-state index contributed by atoms with van der Waals surface area (Å²) in [6.45, 7) is 4.97. The molecule has 0 saturated heterocycles. The molecule has 0 radical (unpaired) electrons. The maximum atomic E-state index is 11.9. The normalized spacial score (nSPS) is 12.2. The molecule has 0 aliphatic heterocycles. The van der Waals surface area contributed by atoms with Gasteiger partial charge in [0, 0.05) is 12.1 Å². The smallest absolute Gasteiger partial charge is 0.224 e. The maximum Gasteiger partial charge on any atom is 0.224 e. The Labute approximate surface area is 116 Å². The summed E-state index contributed by atoms with van der Waals surface area (Å²) in [6, 6.07) is 8.03. The van der Waals surface area contributed by atoms with Crippen LogP contribution in [0.5, 0.6) is 0 Å². The zero-order valence-electron chi connectivity index (χ0n) is 12.1. The number of carbonyl (C=O) groups is 1. The average molecular weight is 262 g/mol. The van der Waals surface area contributed by atoms with Crippen LogP contribution in [0.1, 0.15) is 45.1 Å². The van der Waals surface area contributed by atoms with Crippen molar-refractivity contribution in [3.63, 3.8) is 0 Å². The van der Waals surface area contributed by atoms with Gasteiger partial charge in [0.25, 0.3) is 0 Å². The van der Waals surface area contributed by atoms with Crippen molar-refractivity contribution in [3.8, 4) is 0 Å². The van der Waals surface area contributed by atoms with Crippen molar-refractivity contribution in [2.75, 3.05) is 11.9 Å². The third kappa shape index (κ3) is 5.88. The minimum Gasteiger partial charge on any atom is -0.330 e. The summed E-state index contributed by atoms with van der Waals surface area (Å²) in [5.41, 5.74) is 7.71. The number of anilines is 1. The molecule has 0 aliphatic rings. The van der Waals surface area contributed by atoms with Crippen LogP contribution in [0.2, 0.25) is 0 Å². The van der Waals surface area contributed by atoms with Gasteiger partial charge in [-0.3, -0.25) is 4.79 Å². The first-order valence-electron chi connectivity index (χ1n) is 7.28. The summed E-state index contributed by atoms with van der Waals surface area (Å²) < 4.78 is 0. The monoisotopic (exact) mass is 262 g/mol. The average Bonchev–Trinajstić information content (AvgIpc) is 2.43. The maximum absolute atomic E-state index is 11.9. The van der Waals surface area contributed by atoms with Crippen molar-refractivity contribution in [1.82, 2.24) is 0 Å². The van der Waals surface area contributed by atoms with Crippen LogP contribution in [0.25, 0.3) is 0 Å². The van der Waals surface area contributed by atoms with Crippen molar-refractivity contribution in [2.24, 2.45) is 11.7 Å². The predicted molar refractivity (Wildman–Crippen MR) is 81.1 cm³/mol. The van der Waals surface area contributed by atoms with Crippen LogP contribution in [-0.2, 0) is 11.2 Å². The highest BCUT2D eigenvalue weighted by molar-refractivity contribution is 5.90. The van der Waals surface area contributed by atoms with Gasteiger partial charge in [-0.05, 0) is 49.4 Å². The second-order valence-corrected chi connectivity index (χ2v) is 4.99. The van der Waals surface area contributed by atoms with Crippen LogP contribution >= 0.6 is 0 Å². The van der Waals surface area contributed by atoms with E-state index in [-0.39, 0.29) is 5.91 Å². The van der Waals surface area contributed by atoms with Gasteiger partial charge in [-0.1, -0.05) is 32.4 Å². The highest BCUT2D eigenvalue weighted by Gasteiger charge is 2.09. The summed E-state index contributed by atoms with van der Waals surface area (Å²) >= 11 is 0. The number of nitrogens with one attached hydrogen (secondary N) is 1. The van der Waals surface area contributed by atoms with E-state index in [0.29, 0.717) is 18.9 Å². The molecule has 0 aliphatic carbocycles. The molecule has 1 rings (SSSR count). The van der Waals surface area contributed by atoms with Gasteiger partial charge < -0.3 is 11.1 Å². The minimum absolute atomic E-state index is 0.101. The van der Waals surface area contributed by atoms with Crippen LogP contribution in [0.3, 0.4) is 0 Å². The zero-order valence-corrected chi connectivity index (χ0v) is 12.1. The fourth-order valence-electron chi connectivity index (χ4n) is 2.22. The summed E-state index contributed by atoms with van der Waals surface area (Å²) in [5, 5.41) is 2.97. The summed E-state index contributed by atoms with van der Waals surface area (Å²) in [5.74, 6) is 0.668. The van der Waals surface area contributed by atoms with Gasteiger partial charge in [-0.2, -0.15) is 0 Å². The molecule has 1 atom stereocenters. The molecule has 0 aromatic heterocycles. The molecule has 106 valence electrons. The Kier molecular flexibility index (Phi) is 7.19. The van der Waals surface area contributed by atoms with Gasteiger partial charge in [0.2, 0.25) is 5.91 Å². The lowest BCUT2D eigenvalue weighted by molar-refractivity contribution is -0.116. The van der Waals surface area contributed by atoms with E-state index in [2.05, 4.69) is 25.2 Å². The van der Waals surface area contributed by atoms with Crippen LogP contribution in [0, 0.1) is 5.92 Å². The van der Waals surface area contributed by atoms with E-state index < -0.39 is 0 Å². The summed E-state index contributed by atoms with van der Waals surface area (Å²) in [4.78, 5) is 11.9. The quantitative estimate of drug-likeness (QED) is 0.755. The molecule has 0 bridgehead atoms. The van der Waals surface area contributed by atoms with Crippen LogP contribution < -0.4 is 11.1 Å². The molecule has 1 aromatic rings. The molecule has 1 aromatic carbocycles. The summed E-state index contributed by atoms with van der Waals surface area (Å²) in [6.07, 6.45) is 4.59. The van der Waals surface area contributed by atoms with Crippen molar-refractivity contribution in [3.05, 3.63) is 29.8 Å². The van der Waals surface area contributed by atoms with Gasteiger partial charge in [0.1, 0.15) is 0 Å². The Balaban J connectivity index is 2.41.